The quantitative estimate of drug-likeness (QED) is 0.156. The summed E-state index contributed by atoms with van der Waals surface area (Å²) in [6, 6.07) is 29.5. The molecule has 7 nitrogen and oxygen atoms in total. The van der Waals surface area contributed by atoms with Gasteiger partial charge in [0.25, 0.3) is 5.91 Å². The van der Waals surface area contributed by atoms with Crippen LogP contribution in [0.5, 0.6) is 11.5 Å². The molecule has 0 unspecified atom stereocenters. The van der Waals surface area contributed by atoms with Crippen LogP contribution in [0.3, 0.4) is 0 Å². The second kappa shape index (κ2) is 12.6. The third-order valence-electron chi connectivity index (χ3n) is 8.64. The number of aromatic amines is 1. The van der Waals surface area contributed by atoms with E-state index in [1.165, 1.54) is 12.1 Å². The molecule has 2 aromatic heterocycles. The summed E-state index contributed by atoms with van der Waals surface area (Å²) in [7, 11) is 1.63. The minimum absolute atomic E-state index is 0.237. The van der Waals surface area contributed by atoms with Gasteiger partial charge in [-0.25, -0.2) is 4.39 Å². The highest BCUT2D eigenvalue weighted by atomic mass is 19.1. The van der Waals surface area contributed by atoms with Crippen molar-refractivity contribution >= 4 is 16.8 Å². The van der Waals surface area contributed by atoms with Crippen LogP contribution < -0.4 is 14.8 Å². The Hall–Kier alpha value is -5.34. The molecule has 0 bridgehead atoms. The Balaban J connectivity index is 1.26. The third-order valence-corrected chi connectivity index (χ3v) is 8.64. The van der Waals surface area contributed by atoms with Crippen LogP contribution in [0.2, 0.25) is 0 Å². The first-order chi connectivity index (χ1) is 22.5. The summed E-state index contributed by atoms with van der Waals surface area (Å²) in [6.45, 7) is 0.727. The van der Waals surface area contributed by atoms with Crippen LogP contribution in [-0.4, -0.2) is 40.3 Å². The SMILES string of the molecule is COc1cc2c(cc1OCc1ccccc1)-c1cc(C(=O)N[C@@H](CO)Cc3c[nH]c4ccccc34)c(-c3cccc(F)c3)n1CC2. The van der Waals surface area contributed by atoms with Crippen molar-refractivity contribution in [3.8, 4) is 34.0 Å². The van der Waals surface area contributed by atoms with Crippen LogP contribution in [0.25, 0.3) is 33.4 Å². The minimum Gasteiger partial charge on any atom is -0.493 e. The Bertz CT molecular complexity index is 2030. The van der Waals surface area contributed by atoms with E-state index in [4.69, 9.17) is 9.47 Å². The number of amides is 1. The van der Waals surface area contributed by atoms with Gasteiger partial charge in [0, 0.05) is 40.5 Å². The van der Waals surface area contributed by atoms with Crippen molar-refractivity contribution in [1.82, 2.24) is 14.9 Å². The molecule has 3 N–H and O–H groups in total. The van der Waals surface area contributed by atoms with Gasteiger partial charge in [0.15, 0.2) is 11.5 Å². The first-order valence-electron chi connectivity index (χ1n) is 15.4. The molecule has 46 heavy (non-hydrogen) atoms. The number of aryl methyl sites for hydroxylation is 1. The van der Waals surface area contributed by atoms with Crippen molar-refractivity contribution in [3.63, 3.8) is 0 Å². The van der Waals surface area contributed by atoms with Crippen molar-refractivity contribution in [2.75, 3.05) is 13.7 Å². The lowest BCUT2D eigenvalue weighted by atomic mass is 9.97. The number of carbonyl (C=O) groups excluding carboxylic acids is 1. The third kappa shape index (κ3) is 5.63. The van der Waals surface area contributed by atoms with Gasteiger partial charge in [0.2, 0.25) is 0 Å². The van der Waals surface area contributed by atoms with Crippen molar-refractivity contribution in [3.05, 3.63) is 131 Å². The Morgan fingerprint density at radius 2 is 1.83 bits per heavy atom. The smallest absolute Gasteiger partial charge is 0.253 e. The fourth-order valence-electron chi connectivity index (χ4n) is 6.40. The number of para-hydroxylation sites is 1. The number of aliphatic hydroxyl groups is 1. The molecule has 232 valence electrons. The number of rotatable bonds is 10. The zero-order valence-electron chi connectivity index (χ0n) is 25.4. The second-order valence-corrected chi connectivity index (χ2v) is 11.6. The molecule has 0 saturated carbocycles. The van der Waals surface area contributed by atoms with E-state index < -0.39 is 6.04 Å². The predicted molar refractivity (Wildman–Crippen MR) is 177 cm³/mol. The van der Waals surface area contributed by atoms with E-state index in [9.17, 15) is 14.3 Å². The molecule has 0 aliphatic carbocycles. The summed E-state index contributed by atoms with van der Waals surface area (Å²) < 4.78 is 28.6. The van der Waals surface area contributed by atoms with Crippen LogP contribution in [0.1, 0.15) is 27.0 Å². The van der Waals surface area contributed by atoms with Crippen LogP contribution in [0.4, 0.5) is 4.39 Å². The molecule has 0 saturated heterocycles. The topological polar surface area (TPSA) is 88.5 Å². The lowest BCUT2D eigenvalue weighted by molar-refractivity contribution is 0.0917. The van der Waals surface area contributed by atoms with E-state index in [0.29, 0.717) is 54.3 Å². The number of benzene rings is 4. The molecular weight excluding hydrogens is 581 g/mol. The van der Waals surface area contributed by atoms with Gasteiger partial charge in [0.1, 0.15) is 12.4 Å². The number of nitrogens with zero attached hydrogens (tertiary/aromatic N) is 1. The molecule has 0 radical (unpaired) electrons. The summed E-state index contributed by atoms with van der Waals surface area (Å²) in [6.07, 6.45) is 3.05. The van der Waals surface area contributed by atoms with Crippen LogP contribution in [0, 0.1) is 5.82 Å². The van der Waals surface area contributed by atoms with Crippen LogP contribution in [0.15, 0.2) is 103 Å². The van der Waals surface area contributed by atoms with Gasteiger partial charge in [-0.1, -0.05) is 60.7 Å². The number of halogens is 1. The van der Waals surface area contributed by atoms with Crippen molar-refractivity contribution in [2.24, 2.45) is 0 Å². The second-order valence-electron chi connectivity index (χ2n) is 11.6. The largest absolute Gasteiger partial charge is 0.493 e. The Morgan fingerprint density at radius 3 is 2.63 bits per heavy atom. The molecule has 3 heterocycles. The summed E-state index contributed by atoms with van der Waals surface area (Å²) in [5, 5.41) is 14.4. The summed E-state index contributed by atoms with van der Waals surface area (Å²) in [5.41, 5.74) is 7.49. The van der Waals surface area contributed by atoms with Gasteiger partial charge in [-0.2, -0.15) is 0 Å². The highest BCUT2D eigenvalue weighted by Gasteiger charge is 2.29. The minimum atomic E-state index is -0.529. The molecule has 1 aliphatic rings. The number of aliphatic hydroxyl groups excluding tert-OH is 1. The van der Waals surface area contributed by atoms with Crippen molar-refractivity contribution < 1.29 is 23.8 Å². The molecule has 6 aromatic rings. The standard InChI is InChI=1S/C38H34FN3O4/c1-45-35-18-25-14-15-42-34(31(25)20-36(35)46-23-24-8-3-2-4-9-24)19-32(37(42)26-10-7-11-28(39)16-26)38(44)41-29(22-43)17-27-21-40-33-13-6-5-12-30(27)33/h2-13,16,18-21,29,40,43H,14-15,17,22-23H2,1H3,(H,41,44)/t29-/m1/s1. The van der Waals surface area contributed by atoms with E-state index in [1.54, 1.807) is 13.2 Å². The molecule has 4 aromatic carbocycles. The zero-order chi connectivity index (χ0) is 31.6. The number of H-pyrrole nitrogens is 1. The molecule has 0 spiro atoms. The fourth-order valence-corrected chi connectivity index (χ4v) is 6.40. The normalized spacial score (nSPS) is 12.8. The molecule has 8 heteroatoms. The molecule has 0 fully saturated rings. The highest BCUT2D eigenvalue weighted by Crippen LogP contribution is 2.43. The number of aromatic nitrogens is 2. The highest BCUT2D eigenvalue weighted by molar-refractivity contribution is 6.02. The van der Waals surface area contributed by atoms with Crippen LogP contribution in [-0.2, 0) is 26.0 Å². The van der Waals surface area contributed by atoms with Gasteiger partial charge in [-0.05, 0) is 65.9 Å². The summed E-state index contributed by atoms with van der Waals surface area (Å²) in [4.78, 5) is 17.3. The molecule has 1 amide bonds. The Labute approximate surface area is 266 Å². The maximum atomic E-state index is 14.6. The first kappa shape index (κ1) is 29.4. The van der Waals surface area contributed by atoms with Crippen molar-refractivity contribution in [2.45, 2.75) is 32.0 Å². The number of carbonyl (C=O) groups is 1. The van der Waals surface area contributed by atoms with E-state index in [2.05, 4.69) is 14.9 Å². The Kier molecular flexibility index (Phi) is 8.03. The summed E-state index contributed by atoms with van der Waals surface area (Å²) in [5.74, 6) is 0.512. The monoisotopic (exact) mass is 615 g/mol. The number of nitrogens with one attached hydrogen (secondary N) is 2. The van der Waals surface area contributed by atoms with Gasteiger partial charge in [-0.15, -0.1) is 0 Å². The number of hydrogen-bond acceptors (Lipinski definition) is 4. The fraction of sp³-hybridized carbons (Fsp3) is 0.184. The van der Waals surface area contributed by atoms with Crippen LogP contribution >= 0.6 is 0 Å². The van der Waals surface area contributed by atoms with E-state index in [-0.39, 0.29) is 18.3 Å². The summed E-state index contributed by atoms with van der Waals surface area (Å²) >= 11 is 0. The Morgan fingerprint density at radius 1 is 1.00 bits per heavy atom. The first-order valence-corrected chi connectivity index (χ1v) is 15.4. The van der Waals surface area contributed by atoms with E-state index in [1.807, 2.05) is 85.1 Å². The van der Waals surface area contributed by atoms with Gasteiger partial charge in [-0.3, -0.25) is 4.79 Å². The lowest BCUT2D eigenvalue weighted by Crippen LogP contribution is -2.39. The average molecular weight is 616 g/mol. The van der Waals surface area contributed by atoms with E-state index in [0.717, 1.165) is 38.9 Å². The molecule has 1 aliphatic heterocycles. The lowest BCUT2D eigenvalue weighted by Gasteiger charge is -2.24. The van der Waals surface area contributed by atoms with Gasteiger partial charge >= 0.3 is 0 Å². The van der Waals surface area contributed by atoms with E-state index >= 15 is 0 Å². The number of ether oxygens (including phenoxy) is 2. The average Bonchev–Trinajstić information content (AvgIpc) is 3.69. The molecular formula is C38H34FN3O4. The van der Waals surface area contributed by atoms with Gasteiger partial charge in [0.05, 0.1) is 31.0 Å². The van der Waals surface area contributed by atoms with Crippen molar-refractivity contribution in [1.29, 1.82) is 0 Å². The van der Waals surface area contributed by atoms with Gasteiger partial charge < -0.3 is 29.4 Å². The zero-order valence-corrected chi connectivity index (χ0v) is 25.4. The number of methoxy groups -OCH3 is 1. The molecule has 7 rings (SSSR count). The number of hydrogen-bond donors (Lipinski definition) is 3. The number of fused-ring (bicyclic) bond motifs is 4. The predicted octanol–water partition coefficient (Wildman–Crippen LogP) is 6.92. The maximum absolute atomic E-state index is 14.6. The maximum Gasteiger partial charge on any atom is 0.253 e. The molecule has 1 atom stereocenters.